The maximum absolute atomic E-state index is 11.9. The Hall–Kier alpha value is -1.30. The van der Waals surface area contributed by atoms with Crippen LogP contribution in [0.4, 0.5) is 4.79 Å². The number of carboxylic acids is 1. The molecule has 0 radical (unpaired) electrons. The predicted molar refractivity (Wildman–Crippen MR) is 71.0 cm³/mol. The van der Waals surface area contributed by atoms with E-state index < -0.39 is 5.97 Å². The van der Waals surface area contributed by atoms with Gasteiger partial charge < -0.3 is 15.3 Å². The Kier molecular flexibility index (Phi) is 4.63. The lowest BCUT2D eigenvalue weighted by atomic mass is 9.85. The second-order valence-corrected chi connectivity index (χ2v) is 5.42. The molecule has 108 valence electrons. The maximum atomic E-state index is 11.9. The lowest BCUT2D eigenvalue weighted by Crippen LogP contribution is -2.56. The van der Waals surface area contributed by atoms with E-state index in [1.165, 1.54) is 0 Å². The molecule has 2 aliphatic rings. The highest BCUT2D eigenvalue weighted by Gasteiger charge is 2.35. The number of likely N-dealkylation sites (tertiary alicyclic amines) is 1. The molecule has 2 amide bonds. The van der Waals surface area contributed by atoms with E-state index in [9.17, 15) is 9.59 Å². The van der Waals surface area contributed by atoms with Crippen LogP contribution in [0.2, 0.25) is 0 Å². The molecule has 6 heteroatoms. The van der Waals surface area contributed by atoms with Gasteiger partial charge in [0.1, 0.15) is 0 Å². The Morgan fingerprint density at radius 2 is 1.95 bits per heavy atom. The van der Waals surface area contributed by atoms with Crippen molar-refractivity contribution in [2.24, 2.45) is 0 Å². The number of hydrogen-bond acceptors (Lipinski definition) is 3. The Morgan fingerprint density at radius 3 is 2.47 bits per heavy atom. The molecule has 1 aliphatic heterocycles. The SMILES string of the molecule is CCN(CC(=O)O)C1CC(NC(=O)N2CCCC2)C1. The maximum Gasteiger partial charge on any atom is 0.317 e. The lowest BCUT2D eigenvalue weighted by Gasteiger charge is -2.42. The molecular formula is C13H23N3O3. The summed E-state index contributed by atoms with van der Waals surface area (Å²) in [6.45, 7) is 4.53. The molecule has 0 spiro atoms. The Bertz CT molecular complexity index is 336. The molecule has 2 rings (SSSR count). The molecule has 2 fully saturated rings. The highest BCUT2D eigenvalue weighted by molar-refractivity contribution is 5.75. The van der Waals surface area contributed by atoms with Gasteiger partial charge in [-0.25, -0.2) is 4.79 Å². The molecule has 19 heavy (non-hydrogen) atoms. The largest absolute Gasteiger partial charge is 0.480 e. The van der Waals surface area contributed by atoms with Gasteiger partial charge in [-0.15, -0.1) is 0 Å². The van der Waals surface area contributed by atoms with E-state index in [-0.39, 0.29) is 18.6 Å². The van der Waals surface area contributed by atoms with E-state index >= 15 is 0 Å². The van der Waals surface area contributed by atoms with E-state index in [1.54, 1.807) is 0 Å². The van der Waals surface area contributed by atoms with Crippen LogP contribution in [0.25, 0.3) is 0 Å². The summed E-state index contributed by atoms with van der Waals surface area (Å²) in [6.07, 6.45) is 3.92. The van der Waals surface area contributed by atoms with Crippen LogP contribution < -0.4 is 5.32 Å². The molecule has 0 aromatic heterocycles. The van der Waals surface area contributed by atoms with Crippen LogP contribution in [-0.4, -0.2) is 65.2 Å². The van der Waals surface area contributed by atoms with Crippen molar-refractivity contribution in [2.45, 2.75) is 44.7 Å². The number of likely N-dealkylation sites (N-methyl/N-ethyl adjacent to an activating group) is 1. The monoisotopic (exact) mass is 269 g/mol. The number of aliphatic carboxylic acids is 1. The number of nitrogens with zero attached hydrogens (tertiary/aromatic N) is 2. The van der Waals surface area contributed by atoms with Gasteiger partial charge in [-0.3, -0.25) is 9.69 Å². The van der Waals surface area contributed by atoms with Crippen molar-refractivity contribution in [2.75, 3.05) is 26.2 Å². The summed E-state index contributed by atoms with van der Waals surface area (Å²) in [5.74, 6) is -0.786. The number of amides is 2. The van der Waals surface area contributed by atoms with Crippen LogP contribution in [0, 0.1) is 0 Å². The highest BCUT2D eigenvalue weighted by atomic mass is 16.4. The average Bonchev–Trinajstić information content (AvgIpc) is 2.83. The van der Waals surface area contributed by atoms with Crippen molar-refractivity contribution in [3.05, 3.63) is 0 Å². The molecule has 0 aromatic carbocycles. The molecule has 1 saturated carbocycles. The lowest BCUT2D eigenvalue weighted by molar-refractivity contribution is -0.139. The van der Waals surface area contributed by atoms with E-state index in [4.69, 9.17) is 5.11 Å². The quantitative estimate of drug-likeness (QED) is 0.771. The fraction of sp³-hybridized carbons (Fsp3) is 0.846. The predicted octanol–water partition coefficient (Wildman–Crippen LogP) is 0.729. The van der Waals surface area contributed by atoms with Gasteiger partial charge in [-0.1, -0.05) is 6.92 Å². The first-order valence-electron chi connectivity index (χ1n) is 7.11. The number of carbonyl (C=O) groups is 2. The van der Waals surface area contributed by atoms with Gasteiger partial charge >= 0.3 is 12.0 Å². The third kappa shape index (κ3) is 3.59. The third-order valence-corrected chi connectivity index (χ3v) is 4.09. The summed E-state index contributed by atoms with van der Waals surface area (Å²) in [5, 5.41) is 11.9. The smallest absolute Gasteiger partial charge is 0.317 e. The number of nitrogens with one attached hydrogen (secondary N) is 1. The minimum atomic E-state index is -0.786. The van der Waals surface area contributed by atoms with Crippen LogP contribution in [0.3, 0.4) is 0 Å². The van der Waals surface area contributed by atoms with Crippen molar-refractivity contribution in [1.82, 2.24) is 15.1 Å². The van der Waals surface area contributed by atoms with Crippen molar-refractivity contribution >= 4 is 12.0 Å². The van der Waals surface area contributed by atoms with Gasteiger partial charge in [0.25, 0.3) is 0 Å². The van der Waals surface area contributed by atoms with Crippen molar-refractivity contribution in [1.29, 1.82) is 0 Å². The van der Waals surface area contributed by atoms with Crippen LogP contribution in [-0.2, 0) is 4.79 Å². The minimum Gasteiger partial charge on any atom is -0.480 e. The van der Waals surface area contributed by atoms with Gasteiger partial charge in [0.2, 0.25) is 0 Å². The van der Waals surface area contributed by atoms with Gasteiger partial charge in [0, 0.05) is 25.2 Å². The second kappa shape index (κ2) is 6.23. The van der Waals surface area contributed by atoms with Gasteiger partial charge in [-0.05, 0) is 32.2 Å². The molecule has 1 aliphatic carbocycles. The van der Waals surface area contributed by atoms with Crippen LogP contribution in [0.15, 0.2) is 0 Å². The van der Waals surface area contributed by atoms with E-state index in [0.29, 0.717) is 6.04 Å². The normalized spacial score (nSPS) is 26.3. The Morgan fingerprint density at radius 1 is 1.32 bits per heavy atom. The first kappa shape index (κ1) is 14.1. The van der Waals surface area contributed by atoms with E-state index in [1.807, 2.05) is 16.7 Å². The molecule has 6 nitrogen and oxygen atoms in total. The number of carbonyl (C=O) groups excluding carboxylic acids is 1. The van der Waals surface area contributed by atoms with Gasteiger partial charge in [0.15, 0.2) is 0 Å². The number of urea groups is 1. The zero-order valence-electron chi connectivity index (χ0n) is 11.5. The highest BCUT2D eigenvalue weighted by Crippen LogP contribution is 2.25. The topological polar surface area (TPSA) is 72.9 Å². The molecular weight excluding hydrogens is 246 g/mol. The van der Waals surface area contributed by atoms with E-state index in [0.717, 1.165) is 45.3 Å². The Labute approximate surface area is 113 Å². The molecule has 0 unspecified atom stereocenters. The van der Waals surface area contributed by atoms with Gasteiger partial charge in [-0.2, -0.15) is 0 Å². The molecule has 0 aromatic rings. The van der Waals surface area contributed by atoms with Crippen LogP contribution in [0.1, 0.15) is 32.6 Å². The summed E-state index contributed by atoms with van der Waals surface area (Å²) in [6, 6.07) is 0.549. The second-order valence-electron chi connectivity index (χ2n) is 5.42. The average molecular weight is 269 g/mol. The van der Waals surface area contributed by atoms with Crippen LogP contribution in [0.5, 0.6) is 0 Å². The minimum absolute atomic E-state index is 0.0437. The summed E-state index contributed by atoms with van der Waals surface area (Å²) >= 11 is 0. The molecule has 2 N–H and O–H groups in total. The summed E-state index contributed by atoms with van der Waals surface area (Å²) in [7, 11) is 0. The molecule has 0 bridgehead atoms. The van der Waals surface area contributed by atoms with Gasteiger partial charge in [0.05, 0.1) is 6.54 Å². The first-order chi connectivity index (χ1) is 9.10. The number of hydrogen-bond donors (Lipinski definition) is 2. The zero-order valence-corrected chi connectivity index (χ0v) is 11.5. The Balaban J connectivity index is 1.70. The van der Waals surface area contributed by atoms with Crippen molar-refractivity contribution in [3.63, 3.8) is 0 Å². The van der Waals surface area contributed by atoms with Crippen molar-refractivity contribution in [3.8, 4) is 0 Å². The number of rotatable bonds is 5. The summed E-state index contributed by atoms with van der Waals surface area (Å²) < 4.78 is 0. The summed E-state index contributed by atoms with van der Waals surface area (Å²) in [4.78, 5) is 26.4. The fourth-order valence-electron chi connectivity index (χ4n) is 2.86. The van der Waals surface area contributed by atoms with Crippen LogP contribution >= 0.6 is 0 Å². The zero-order chi connectivity index (χ0) is 13.8. The molecule has 0 atom stereocenters. The standard InChI is InChI=1S/C13H23N3O3/c1-2-15(9-12(17)18)11-7-10(8-11)14-13(19)16-5-3-4-6-16/h10-11H,2-9H2,1H3,(H,14,19)(H,17,18). The first-order valence-corrected chi connectivity index (χ1v) is 7.11. The fourth-order valence-corrected chi connectivity index (χ4v) is 2.86. The summed E-state index contributed by atoms with van der Waals surface area (Å²) in [5.41, 5.74) is 0. The van der Waals surface area contributed by atoms with Crippen molar-refractivity contribution < 1.29 is 14.7 Å². The third-order valence-electron chi connectivity index (χ3n) is 4.09. The number of carboxylic acid groups (broad SMARTS) is 1. The molecule has 1 heterocycles. The van der Waals surface area contributed by atoms with E-state index in [2.05, 4.69) is 5.32 Å². The molecule has 1 saturated heterocycles.